The lowest BCUT2D eigenvalue weighted by molar-refractivity contribution is -0.139. The lowest BCUT2D eigenvalue weighted by Gasteiger charge is -2.23. The number of nitrogens with one attached hydrogen (secondary N) is 2. The molecule has 1 aliphatic rings. The number of nitrogens with zero attached hydrogens (tertiary/aromatic N) is 1. The number of aliphatic hydroxyl groups is 1. The number of ether oxygens (including phenoxy) is 1. The molecule has 0 spiro atoms. The summed E-state index contributed by atoms with van der Waals surface area (Å²) in [7, 11) is 3.50. The topological polar surface area (TPSA) is 128 Å². The van der Waals surface area contributed by atoms with Crippen LogP contribution in [0.15, 0.2) is 48.5 Å². The summed E-state index contributed by atoms with van der Waals surface area (Å²) in [6, 6.07) is 15.1. The molecule has 0 aromatic heterocycles. The van der Waals surface area contributed by atoms with Crippen LogP contribution in [0, 0.1) is 0 Å². The van der Waals surface area contributed by atoms with Crippen molar-refractivity contribution in [3.05, 3.63) is 59.7 Å². The van der Waals surface area contributed by atoms with Crippen molar-refractivity contribution in [2.24, 2.45) is 0 Å². The molecule has 176 valence electrons. The van der Waals surface area contributed by atoms with Crippen molar-refractivity contribution >= 4 is 18.0 Å². The van der Waals surface area contributed by atoms with Crippen molar-refractivity contribution in [3.63, 3.8) is 0 Å². The van der Waals surface area contributed by atoms with Gasteiger partial charge in [-0.3, -0.25) is 9.59 Å². The third-order valence-corrected chi connectivity index (χ3v) is 5.42. The van der Waals surface area contributed by atoms with Gasteiger partial charge in [0.05, 0.1) is 12.5 Å². The van der Waals surface area contributed by atoms with Crippen LogP contribution in [-0.4, -0.2) is 79.0 Å². The van der Waals surface area contributed by atoms with Crippen molar-refractivity contribution < 1.29 is 29.3 Å². The molecule has 0 saturated heterocycles. The summed E-state index contributed by atoms with van der Waals surface area (Å²) in [6.07, 6.45) is -2.44. The zero-order chi connectivity index (χ0) is 24.0. The average Bonchev–Trinajstić information content (AvgIpc) is 3.08. The number of aliphatic hydroxyl groups excluding tert-OH is 1. The van der Waals surface area contributed by atoms with Gasteiger partial charge in [0.1, 0.15) is 12.6 Å². The number of fused-ring (bicyclic) bond motifs is 3. The predicted molar refractivity (Wildman–Crippen MR) is 122 cm³/mol. The molecule has 2 unspecified atom stereocenters. The Labute approximate surface area is 192 Å². The van der Waals surface area contributed by atoms with Gasteiger partial charge >= 0.3 is 12.1 Å². The van der Waals surface area contributed by atoms with E-state index in [4.69, 9.17) is 9.84 Å². The quantitative estimate of drug-likeness (QED) is 0.426. The maximum atomic E-state index is 12.5. The highest BCUT2D eigenvalue weighted by molar-refractivity contribution is 5.86. The van der Waals surface area contributed by atoms with Gasteiger partial charge in [-0.1, -0.05) is 48.5 Å². The maximum absolute atomic E-state index is 12.5. The van der Waals surface area contributed by atoms with Crippen LogP contribution in [0.3, 0.4) is 0 Å². The van der Waals surface area contributed by atoms with Gasteiger partial charge < -0.3 is 30.5 Å². The van der Waals surface area contributed by atoms with E-state index < -0.39 is 36.5 Å². The summed E-state index contributed by atoms with van der Waals surface area (Å²) in [5.74, 6) is -1.81. The number of hydrogen-bond donors (Lipinski definition) is 4. The molecule has 2 atom stereocenters. The number of alkyl carbamates (subject to hydrolysis) is 1. The number of carbonyl (C=O) groups excluding carboxylic acids is 2. The van der Waals surface area contributed by atoms with Crippen LogP contribution in [0.4, 0.5) is 4.79 Å². The molecule has 4 N–H and O–H groups in total. The summed E-state index contributed by atoms with van der Waals surface area (Å²) in [6.45, 7) is 0.0833. The molecule has 0 aliphatic heterocycles. The molecule has 0 saturated carbocycles. The number of likely N-dealkylation sites (N-methyl/N-ethyl adjacent to an activating group) is 1. The molecule has 0 bridgehead atoms. The Morgan fingerprint density at radius 1 is 1.03 bits per heavy atom. The number of aliphatic carboxylic acids is 1. The van der Waals surface area contributed by atoms with Gasteiger partial charge in [0.15, 0.2) is 0 Å². The molecule has 0 fully saturated rings. The minimum Gasteiger partial charge on any atom is -0.481 e. The molecular formula is C24H29N3O6. The van der Waals surface area contributed by atoms with E-state index in [-0.39, 0.29) is 25.6 Å². The van der Waals surface area contributed by atoms with Crippen molar-refractivity contribution in [2.75, 3.05) is 33.8 Å². The van der Waals surface area contributed by atoms with Gasteiger partial charge in [0, 0.05) is 19.0 Å². The second kappa shape index (κ2) is 10.9. The molecule has 2 amide bonds. The fraction of sp³-hybridized carbons (Fsp3) is 0.375. The van der Waals surface area contributed by atoms with Crippen LogP contribution in [0.2, 0.25) is 0 Å². The fourth-order valence-electron chi connectivity index (χ4n) is 3.96. The second-order valence-electron chi connectivity index (χ2n) is 8.28. The predicted octanol–water partition coefficient (Wildman–Crippen LogP) is 1.41. The SMILES string of the molecule is CN(C)CC(NC(=O)OCC1c2ccccc2-c2ccccc21)C(=O)NCC(O)CC(=O)O. The van der Waals surface area contributed by atoms with E-state index in [1.54, 1.807) is 19.0 Å². The van der Waals surface area contributed by atoms with Gasteiger partial charge in [-0.15, -0.1) is 0 Å². The Morgan fingerprint density at radius 2 is 1.61 bits per heavy atom. The molecule has 3 rings (SSSR count). The Morgan fingerprint density at radius 3 is 2.15 bits per heavy atom. The summed E-state index contributed by atoms with van der Waals surface area (Å²) in [5, 5.41) is 23.4. The van der Waals surface area contributed by atoms with Crippen molar-refractivity contribution in [3.8, 4) is 11.1 Å². The second-order valence-corrected chi connectivity index (χ2v) is 8.28. The van der Waals surface area contributed by atoms with Crippen LogP contribution in [-0.2, 0) is 14.3 Å². The largest absolute Gasteiger partial charge is 0.481 e. The highest BCUT2D eigenvalue weighted by Crippen LogP contribution is 2.44. The summed E-state index contributed by atoms with van der Waals surface area (Å²) in [5.41, 5.74) is 4.40. The van der Waals surface area contributed by atoms with Crippen molar-refractivity contribution in [1.29, 1.82) is 0 Å². The lowest BCUT2D eigenvalue weighted by atomic mass is 9.98. The third kappa shape index (κ3) is 6.30. The number of carboxylic acids is 1. The van der Waals surface area contributed by atoms with E-state index >= 15 is 0 Å². The Bertz CT molecular complexity index is 964. The van der Waals surface area contributed by atoms with Crippen molar-refractivity contribution in [1.82, 2.24) is 15.5 Å². The Hall–Kier alpha value is -3.43. The van der Waals surface area contributed by atoms with E-state index in [1.807, 2.05) is 48.5 Å². The summed E-state index contributed by atoms with van der Waals surface area (Å²) in [4.78, 5) is 37.5. The monoisotopic (exact) mass is 455 g/mol. The first-order valence-corrected chi connectivity index (χ1v) is 10.7. The number of benzene rings is 2. The van der Waals surface area contributed by atoms with Crippen LogP contribution in [0.1, 0.15) is 23.5 Å². The van der Waals surface area contributed by atoms with Crippen LogP contribution >= 0.6 is 0 Å². The van der Waals surface area contributed by atoms with E-state index in [0.29, 0.717) is 0 Å². The lowest BCUT2D eigenvalue weighted by Crippen LogP contribution is -2.52. The fourth-order valence-corrected chi connectivity index (χ4v) is 3.96. The van der Waals surface area contributed by atoms with Crippen LogP contribution in [0.25, 0.3) is 11.1 Å². The molecule has 0 heterocycles. The van der Waals surface area contributed by atoms with Gasteiger partial charge in [0.2, 0.25) is 5.91 Å². The van der Waals surface area contributed by atoms with E-state index in [9.17, 15) is 19.5 Å². The number of rotatable bonds is 10. The molecular weight excluding hydrogens is 426 g/mol. The minimum absolute atomic E-state index is 0.101. The normalized spacial score (nSPS) is 14.2. The first kappa shape index (κ1) is 24.2. The highest BCUT2D eigenvalue weighted by atomic mass is 16.5. The van der Waals surface area contributed by atoms with Crippen LogP contribution < -0.4 is 10.6 Å². The van der Waals surface area contributed by atoms with E-state index in [1.165, 1.54) is 0 Å². The van der Waals surface area contributed by atoms with Gasteiger partial charge in [-0.2, -0.15) is 0 Å². The zero-order valence-corrected chi connectivity index (χ0v) is 18.7. The third-order valence-electron chi connectivity index (χ3n) is 5.42. The zero-order valence-electron chi connectivity index (χ0n) is 18.7. The average molecular weight is 456 g/mol. The smallest absolute Gasteiger partial charge is 0.407 e. The molecule has 9 heteroatoms. The van der Waals surface area contributed by atoms with E-state index in [0.717, 1.165) is 22.3 Å². The first-order valence-electron chi connectivity index (χ1n) is 10.7. The Balaban J connectivity index is 1.60. The Kier molecular flexibility index (Phi) is 8.02. The van der Waals surface area contributed by atoms with Crippen molar-refractivity contribution in [2.45, 2.75) is 24.5 Å². The summed E-state index contributed by atoms with van der Waals surface area (Å²) < 4.78 is 5.50. The number of amides is 2. The minimum atomic E-state index is -1.22. The van der Waals surface area contributed by atoms with Gasteiger partial charge in [-0.05, 0) is 36.3 Å². The molecule has 2 aromatic carbocycles. The first-order chi connectivity index (χ1) is 15.8. The number of carboxylic acid groups (broad SMARTS) is 1. The standard InChI is InChI=1S/C24H29N3O6/c1-27(2)13-21(23(31)25-12-15(28)11-22(29)30)26-24(32)33-14-20-18-9-5-3-7-16(18)17-8-4-6-10-19(17)20/h3-10,15,20-21,28H,11-14H2,1-2H3,(H,25,31)(H,26,32)(H,29,30). The van der Waals surface area contributed by atoms with Crippen LogP contribution in [0.5, 0.6) is 0 Å². The highest BCUT2D eigenvalue weighted by Gasteiger charge is 2.30. The molecule has 9 nitrogen and oxygen atoms in total. The number of carbonyl (C=O) groups is 3. The van der Waals surface area contributed by atoms with E-state index in [2.05, 4.69) is 10.6 Å². The van der Waals surface area contributed by atoms with Gasteiger partial charge in [0.25, 0.3) is 0 Å². The number of hydrogen-bond acceptors (Lipinski definition) is 6. The molecule has 1 aliphatic carbocycles. The molecule has 0 radical (unpaired) electrons. The molecule has 33 heavy (non-hydrogen) atoms. The molecule has 2 aromatic rings. The summed E-state index contributed by atoms with van der Waals surface area (Å²) >= 11 is 0. The van der Waals surface area contributed by atoms with Gasteiger partial charge in [-0.25, -0.2) is 4.79 Å². The maximum Gasteiger partial charge on any atom is 0.407 e.